The zero-order valence-corrected chi connectivity index (χ0v) is 13.0. The predicted octanol–water partition coefficient (Wildman–Crippen LogP) is 2.07. The van der Waals surface area contributed by atoms with E-state index in [9.17, 15) is 0 Å². The van der Waals surface area contributed by atoms with Gasteiger partial charge in [-0.2, -0.15) is 0 Å². The molecule has 1 aromatic heterocycles. The van der Waals surface area contributed by atoms with Crippen molar-refractivity contribution in [3.05, 3.63) is 23.5 Å². The molecule has 0 amide bonds. The summed E-state index contributed by atoms with van der Waals surface area (Å²) in [5, 5.41) is 3.59. The van der Waals surface area contributed by atoms with Crippen molar-refractivity contribution < 1.29 is 4.74 Å². The van der Waals surface area contributed by atoms with Crippen LogP contribution in [0.5, 0.6) is 5.75 Å². The molecule has 1 aromatic rings. The molecule has 1 heterocycles. The van der Waals surface area contributed by atoms with Gasteiger partial charge in [0, 0.05) is 37.0 Å². The molecular formula is C15H27N3O. The number of ether oxygens (including phenoxy) is 1. The molecule has 1 unspecified atom stereocenters. The smallest absolute Gasteiger partial charge is 0.122 e. The first-order valence-electron chi connectivity index (χ1n) is 6.82. The molecule has 0 saturated carbocycles. The van der Waals surface area contributed by atoms with Gasteiger partial charge in [-0.25, -0.2) is 0 Å². The Morgan fingerprint density at radius 2 is 2.00 bits per heavy atom. The van der Waals surface area contributed by atoms with E-state index in [4.69, 9.17) is 4.74 Å². The van der Waals surface area contributed by atoms with Crippen molar-refractivity contribution in [1.82, 2.24) is 15.2 Å². The SMILES string of the molecule is COc1cc(C)nc(CNC(CN(C)C)C(C)C)c1. The monoisotopic (exact) mass is 265 g/mol. The second-order valence-corrected chi connectivity index (χ2v) is 5.63. The average Bonchev–Trinajstić information content (AvgIpc) is 2.33. The van der Waals surface area contributed by atoms with Crippen LogP contribution in [0.3, 0.4) is 0 Å². The average molecular weight is 265 g/mol. The lowest BCUT2D eigenvalue weighted by Crippen LogP contribution is -2.41. The summed E-state index contributed by atoms with van der Waals surface area (Å²) in [5.74, 6) is 1.46. The summed E-state index contributed by atoms with van der Waals surface area (Å²) in [6, 6.07) is 4.40. The van der Waals surface area contributed by atoms with Crippen molar-refractivity contribution in [3.8, 4) is 5.75 Å². The first-order chi connectivity index (χ1) is 8.92. The zero-order valence-electron chi connectivity index (χ0n) is 13.0. The highest BCUT2D eigenvalue weighted by Crippen LogP contribution is 2.13. The van der Waals surface area contributed by atoms with Crippen molar-refractivity contribution >= 4 is 0 Å². The van der Waals surface area contributed by atoms with Crippen LogP contribution < -0.4 is 10.1 Å². The minimum absolute atomic E-state index is 0.461. The topological polar surface area (TPSA) is 37.4 Å². The van der Waals surface area contributed by atoms with Gasteiger partial charge in [0.15, 0.2) is 0 Å². The molecule has 4 nitrogen and oxygen atoms in total. The molecule has 0 saturated heterocycles. The quantitative estimate of drug-likeness (QED) is 0.819. The molecule has 0 aliphatic heterocycles. The lowest BCUT2D eigenvalue weighted by molar-refractivity contribution is 0.287. The van der Waals surface area contributed by atoms with Gasteiger partial charge in [0.1, 0.15) is 5.75 Å². The van der Waals surface area contributed by atoms with Crippen molar-refractivity contribution in [2.45, 2.75) is 33.4 Å². The lowest BCUT2D eigenvalue weighted by Gasteiger charge is -2.25. The molecule has 0 bridgehead atoms. The van der Waals surface area contributed by atoms with Crippen molar-refractivity contribution in [1.29, 1.82) is 0 Å². The number of nitrogens with zero attached hydrogens (tertiary/aromatic N) is 2. The van der Waals surface area contributed by atoms with E-state index in [0.717, 1.165) is 30.2 Å². The van der Waals surface area contributed by atoms with Crippen LogP contribution in [0.15, 0.2) is 12.1 Å². The van der Waals surface area contributed by atoms with Gasteiger partial charge in [0.2, 0.25) is 0 Å². The van der Waals surface area contributed by atoms with E-state index in [-0.39, 0.29) is 0 Å². The summed E-state index contributed by atoms with van der Waals surface area (Å²) in [7, 11) is 5.89. The minimum Gasteiger partial charge on any atom is -0.497 e. The van der Waals surface area contributed by atoms with Gasteiger partial charge in [0.05, 0.1) is 12.8 Å². The first kappa shape index (κ1) is 15.9. The van der Waals surface area contributed by atoms with E-state index in [1.165, 1.54) is 0 Å². The van der Waals surface area contributed by atoms with Crippen LogP contribution in [0.25, 0.3) is 0 Å². The summed E-state index contributed by atoms with van der Waals surface area (Å²) in [6.07, 6.45) is 0. The Hall–Kier alpha value is -1.13. The summed E-state index contributed by atoms with van der Waals surface area (Å²) in [4.78, 5) is 6.75. The maximum Gasteiger partial charge on any atom is 0.122 e. The molecular weight excluding hydrogens is 238 g/mol. The molecule has 1 rings (SSSR count). The van der Waals surface area contributed by atoms with Gasteiger partial charge in [-0.15, -0.1) is 0 Å². The molecule has 108 valence electrons. The fourth-order valence-electron chi connectivity index (χ4n) is 2.05. The van der Waals surface area contributed by atoms with Gasteiger partial charge in [-0.05, 0) is 26.9 Å². The second kappa shape index (κ2) is 7.46. The minimum atomic E-state index is 0.461. The fourth-order valence-corrected chi connectivity index (χ4v) is 2.05. The predicted molar refractivity (Wildman–Crippen MR) is 79.5 cm³/mol. The number of nitrogens with one attached hydrogen (secondary N) is 1. The van der Waals surface area contributed by atoms with Crippen LogP contribution in [0.2, 0.25) is 0 Å². The van der Waals surface area contributed by atoms with Crippen molar-refractivity contribution in [2.24, 2.45) is 5.92 Å². The number of methoxy groups -OCH3 is 1. The molecule has 0 aliphatic rings. The number of aryl methyl sites for hydroxylation is 1. The van der Waals surface area contributed by atoms with Gasteiger partial charge >= 0.3 is 0 Å². The third-order valence-electron chi connectivity index (χ3n) is 3.13. The summed E-state index contributed by atoms with van der Waals surface area (Å²) >= 11 is 0. The van der Waals surface area contributed by atoms with Crippen LogP contribution in [0, 0.1) is 12.8 Å². The molecule has 0 aromatic carbocycles. The van der Waals surface area contributed by atoms with E-state index in [1.54, 1.807) is 7.11 Å². The van der Waals surface area contributed by atoms with Crippen molar-refractivity contribution in [3.63, 3.8) is 0 Å². The number of pyridine rings is 1. The molecule has 0 spiro atoms. The van der Waals surface area contributed by atoms with E-state index >= 15 is 0 Å². The Balaban J connectivity index is 2.65. The maximum absolute atomic E-state index is 5.28. The van der Waals surface area contributed by atoms with Gasteiger partial charge in [0.25, 0.3) is 0 Å². The largest absolute Gasteiger partial charge is 0.497 e. The standard InChI is InChI=1S/C15H27N3O/c1-11(2)15(10-18(4)5)16-9-13-8-14(19-6)7-12(3)17-13/h7-8,11,15-16H,9-10H2,1-6H3. The highest BCUT2D eigenvalue weighted by atomic mass is 16.5. The maximum atomic E-state index is 5.28. The normalized spacial score (nSPS) is 13.1. The first-order valence-corrected chi connectivity index (χ1v) is 6.82. The van der Waals surface area contributed by atoms with Crippen molar-refractivity contribution in [2.75, 3.05) is 27.7 Å². The Kier molecular flexibility index (Phi) is 6.25. The molecule has 0 fully saturated rings. The van der Waals surface area contributed by atoms with Gasteiger partial charge < -0.3 is 15.0 Å². The van der Waals surface area contributed by atoms with E-state index in [0.29, 0.717) is 12.0 Å². The molecule has 19 heavy (non-hydrogen) atoms. The Bertz CT molecular complexity index is 391. The Morgan fingerprint density at radius 3 is 2.53 bits per heavy atom. The van der Waals surface area contributed by atoms with Gasteiger partial charge in [-0.1, -0.05) is 13.8 Å². The van der Waals surface area contributed by atoms with E-state index in [2.05, 4.69) is 43.1 Å². The summed E-state index contributed by atoms with van der Waals surface area (Å²) in [6.45, 7) is 8.28. The molecule has 0 aliphatic carbocycles. The molecule has 4 heteroatoms. The summed E-state index contributed by atoms with van der Waals surface area (Å²) in [5.41, 5.74) is 2.02. The third-order valence-corrected chi connectivity index (χ3v) is 3.13. The molecule has 0 radical (unpaired) electrons. The summed E-state index contributed by atoms with van der Waals surface area (Å²) < 4.78 is 5.28. The third kappa shape index (κ3) is 5.57. The van der Waals surface area contributed by atoms with Gasteiger partial charge in [-0.3, -0.25) is 4.98 Å². The lowest BCUT2D eigenvalue weighted by atomic mass is 10.0. The highest BCUT2D eigenvalue weighted by Gasteiger charge is 2.14. The molecule has 1 N–H and O–H groups in total. The second-order valence-electron chi connectivity index (χ2n) is 5.63. The molecule has 1 atom stereocenters. The number of hydrogen-bond donors (Lipinski definition) is 1. The Morgan fingerprint density at radius 1 is 1.32 bits per heavy atom. The van der Waals surface area contributed by atoms with Crippen LogP contribution in [-0.4, -0.2) is 43.7 Å². The van der Waals surface area contributed by atoms with E-state index in [1.807, 2.05) is 19.1 Å². The van der Waals surface area contributed by atoms with Crippen LogP contribution >= 0.6 is 0 Å². The number of hydrogen-bond acceptors (Lipinski definition) is 4. The van der Waals surface area contributed by atoms with Crippen LogP contribution in [-0.2, 0) is 6.54 Å². The Labute approximate surface area is 117 Å². The number of rotatable bonds is 7. The zero-order chi connectivity index (χ0) is 14.4. The fraction of sp³-hybridized carbons (Fsp3) is 0.667. The van der Waals surface area contributed by atoms with Crippen LogP contribution in [0.4, 0.5) is 0 Å². The van der Waals surface area contributed by atoms with Crippen LogP contribution in [0.1, 0.15) is 25.2 Å². The number of likely N-dealkylation sites (N-methyl/N-ethyl adjacent to an activating group) is 1. The number of aromatic nitrogens is 1. The van der Waals surface area contributed by atoms with E-state index < -0.39 is 0 Å². The highest BCUT2D eigenvalue weighted by molar-refractivity contribution is 5.26.